The molecular formula is C16H15FN2O2. The van der Waals surface area contributed by atoms with Crippen molar-refractivity contribution in [1.29, 1.82) is 0 Å². The Morgan fingerprint density at radius 3 is 2.86 bits per heavy atom. The van der Waals surface area contributed by atoms with Crippen LogP contribution in [0.2, 0.25) is 0 Å². The van der Waals surface area contributed by atoms with E-state index in [0.29, 0.717) is 11.3 Å². The van der Waals surface area contributed by atoms with Crippen LogP contribution in [0.25, 0.3) is 0 Å². The van der Waals surface area contributed by atoms with Gasteiger partial charge >= 0.3 is 0 Å². The Labute approximate surface area is 122 Å². The zero-order valence-corrected chi connectivity index (χ0v) is 11.5. The average molecular weight is 286 g/mol. The number of halogens is 1. The summed E-state index contributed by atoms with van der Waals surface area (Å²) in [4.78, 5) is 16.5. The minimum Gasteiger partial charge on any atom is -0.386 e. The number of hydrogen-bond donors (Lipinski definition) is 1. The summed E-state index contributed by atoms with van der Waals surface area (Å²) in [5.41, 5.74) is 2.32. The normalized spacial score (nSPS) is 10.6. The molecular weight excluding hydrogens is 271 g/mol. The topological polar surface area (TPSA) is 50.7 Å². The van der Waals surface area contributed by atoms with Gasteiger partial charge in [-0.25, -0.2) is 4.39 Å². The summed E-state index contributed by atoms with van der Waals surface area (Å²) in [7, 11) is 0. The second-order valence-electron chi connectivity index (χ2n) is 4.48. The summed E-state index contributed by atoms with van der Waals surface area (Å²) >= 11 is 0. The van der Waals surface area contributed by atoms with Crippen molar-refractivity contribution in [3.63, 3.8) is 0 Å². The largest absolute Gasteiger partial charge is 0.386 e. The van der Waals surface area contributed by atoms with Crippen LogP contribution in [0.1, 0.15) is 11.1 Å². The van der Waals surface area contributed by atoms with Crippen molar-refractivity contribution < 1.29 is 14.0 Å². The molecule has 0 bridgehead atoms. The molecule has 0 fully saturated rings. The monoisotopic (exact) mass is 286 g/mol. The summed E-state index contributed by atoms with van der Waals surface area (Å²) < 4.78 is 12.9. The van der Waals surface area contributed by atoms with Crippen molar-refractivity contribution in [3.8, 4) is 0 Å². The van der Waals surface area contributed by atoms with E-state index in [1.165, 1.54) is 18.3 Å². The molecule has 108 valence electrons. The van der Waals surface area contributed by atoms with Gasteiger partial charge in [-0.15, -0.1) is 0 Å². The zero-order chi connectivity index (χ0) is 15.1. The molecule has 0 unspecified atom stereocenters. The van der Waals surface area contributed by atoms with Crippen molar-refractivity contribution in [2.45, 2.75) is 6.92 Å². The van der Waals surface area contributed by atoms with E-state index in [1.807, 2.05) is 25.1 Å². The molecule has 1 amide bonds. The minimum atomic E-state index is -0.351. The van der Waals surface area contributed by atoms with Gasteiger partial charge < -0.3 is 10.2 Å². The number of hydrogen-bond acceptors (Lipinski definition) is 3. The first-order chi connectivity index (χ1) is 10.1. The van der Waals surface area contributed by atoms with E-state index in [9.17, 15) is 9.18 Å². The predicted octanol–water partition coefficient (Wildman–Crippen LogP) is 3.12. The lowest BCUT2D eigenvalue weighted by atomic mass is 10.2. The SMILES string of the molecule is Cc1cccc(NC(=O)CO/N=C\c2cccc(F)c2)c1. The molecule has 0 spiro atoms. The Morgan fingerprint density at radius 1 is 1.29 bits per heavy atom. The van der Waals surface area contributed by atoms with Gasteiger partial charge in [-0.05, 0) is 42.3 Å². The van der Waals surface area contributed by atoms with Crippen LogP contribution in [0.3, 0.4) is 0 Å². The molecule has 0 aromatic heterocycles. The van der Waals surface area contributed by atoms with Crippen LogP contribution in [-0.4, -0.2) is 18.7 Å². The van der Waals surface area contributed by atoms with E-state index in [0.717, 1.165) is 5.56 Å². The lowest BCUT2D eigenvalue weighted by molar-refractivity contribution is -0.120. The van der Waals surface area contributed by atoms with Gasteiger partial charge in [-0.1, -0.05) is 29.4 Å². The molecule has 2 aromatic rings. The Balaban J connectivity index is 1.79. The zero-order valence-electron chi connectivity index (χ0n) is 11.5. The number of rotatable bonds is 5. The maximum absolute atomic E-state index is 12.9. The maximum Gasteiger partial charge on any atom is 0.265 e. The van der Waals surface area contributed by atoms with Crippen molar-refractivity contribution in [2.75, 3.05) is 11.9 Å². The number of aryl methyl sites for hydroxylation is 1. The molecule has 0 radical (unpaired) electrons. The average Bonchev–Trinajstić information content (AvgIpc) is 2.44. The smallest absolute Gasteiger partial charge is 0.265 e. The summed E-state index contributed by atoms with van der Waals surface area (Å²) in [6.07, 6.45) is 1.35. The fourth-order valence-electron chi connectivity index (χ4n) is 1.70. The molecule has 21 heavy (non-hydrogen) atoms. The van der Waals surface area contributed by atoms with Crippen LogP contribution < -0.4 is 5.32 Å². The molecule has 0 saturated carbocycles. The Morgan fingerprint density at radius 2 is 2.10 bits per heavy atom. The maximum atomic E-state index is 12.9. The lowest BCUT2D eigenvalue weighted by Crippen LogP contribution is -2.16. The van der Waals surface area contributed by atoms with E-state index in [-0.39, 0.29) is 18.3 Å². The van der Waals surface area contributed by atoms with Crippen LogP contribution in [0.15, 0.2) is 53.7 Å². The number of nitrogens with zero attached hydrogens (tertiary/aromatic N) is 1. The quantitative estimate of drug-likeness (QED) is 0.678. The third-order valence-corrected chi connectivity index (χ3v) is 2.62. The first kappa shape index (κ1) is 14.7. The summed E-state index contributed by atoms with van der Waals surface area (Å²) in [5.74, 6) is -0.659. The predicted molar refractivity (Wildman–Crippen MR) is 79.8 cm³/mol. The molecule has 5 heteroatoms. The van der Waals surface area contributed by atoms with Crippen molar-refractivity contribution in [1.82, 2.24) is 0 Å². The highest BCUT2D eigenvalue weighted by molar-refractivity contribution is 5.91. The van der Waals surface area contributed by atoms with Gasteiger partial charge in [0.2, 0.25) is 0 Å². The number of oxime groups is 1. The van der Waals surface area contributed by atoms with Crippen LogP contribution in [0.4, 0.5) is 10.1 Å². The van der Waals surface area contributed by atoms with Gasteiger partial charge in [-0.3, -0.25) is 4.79 Å². The number of amides is 1. The van der Waals surface area contributed by atoms with Gasteiger partial charge in [0.05, 0.1) is 6.21 Å². The standard InChI is InChI=1S/C16H15FN2O2/c1-12-4-2-7-15(8-12)19-16(20)11-21-18-10-13-5-3-6-14(17)9-13/h2-10H,11H2,1H3,(H,19,20)/b18-10-. The molecule has 0 atom stereocenters. The van der Waals surface area contributed by atoms with Crippen LogP contribution in [0.5, 0.6) is 0 Å². The van der Waals surface area contributed by atoms with E-state index >= 15 is 0 Å². The molecule has 4 nitrogen and oxygen atoms in total. The minimum absolute atomic E-state index is 0.209. The fourth-order valence-corrected chi connectivity index (χ4v) is 1.70. The summed E-state index contributed by atoms with van der Waals surface area (Å²) in [6.45, 7) is 1.73. The Kier molecular flexibility index (Phi) is 5.04. The number of benzene rings is 2. The highest BCUT2D eigenvalue weighted by Gasteiger charge is 2.02. The van der Waals surface area contributed by atoms with Crippen molar-refractivity contribution in [3.05, 3.63) is 65.5 Å². The summed E-state index contributed by atoms with van der Waals surface area (Å²) in [5, 5.41) is 6.32. The third kappa shape index (κ3) is 5.06. The Hall–Kier alpha value is -2.69. The highest BCUT2D eigenvalue weighted by Crippen LogP contribution is 2.09. The van der Waals surface area contributed by atoms with E-state index in [1.54, 1.807) is 18.2 Å². The van der Waals surface area contributed by atoms with Crippen molar-refractivity contribution in [2.24, 2.45) is 5.16 Å². The Bertz CT molecular complexity index is 656. The van der Waals surface area contributed by atoms with Gasteiger partial charge in [-0.2, -0.15) is 0 Å². The fraction of sp³-hybridized carbons (Fsp3) is 0.125. The second kappa shape index (κ2) is 7.19. The van der Waals surface area contributed by atoms with Crippen LogP contribution in [0, 0.1) is 12.7 Å². The molecule has 0 aliphatic rings. The second-order valence-corrected chi connectivity index (χ2v) is 4.48. The molecule has 0 heterocycles. The van der Waals surface area contributed by atoms with Crippen LogP contribution in [-0.2, 0) is 9.63 Å². The van der Waals surface area contributed by atoms with E-state index in [2.05, 4.69) is 10.5 Å². The number of anilines is 1. The number of carbonyl (C=O) groups excluding carboxylic acids is 1. The number of nitrogens with one attached hydrogen (secondary N) is 1. The lowest BCUT2D eigenvalue weighted by Gasteiger charge is -2.04. The third-order valence-electron chi connectivity index (χ3n) is 2.62. The molecule has 1 N–H and O–H groups in total. The summed E-state index contributed by atoms with van der Waals surface area (Å²) in [6, 6.07) is 13.4. The molecule has 2 rings (SSSR count). The van der Waals surface area contributed by atoms with E-state index < -0.39 is 0 Å². The van der Waals surface area contributed by atoms with Crippen LogP contribution >= 0.6 is 0 Å². The highest BCUT2D eigenvalue weighted by atomic mass is 19.1. The van der Waals surface area contributed by atoms with Gasteiger partial charge in [0.1, 0.15) is 5.82 Å². The van der Waals surface area contributed by atoms with Gasteiger partial charge in [0.25, 0.3) is 5.91 Å². The number of carbonyl (C=O) groups is 1. The van der Waals surface area contributed by atoms with Crippen molar-refractivity contribution >= 4 is 17.8 Å². The first-order valence-corrected chi connectivity index (χ1v) is 6.41. The molecule has 2 aromatic carbocycles. The first-order valence-electron chi connectivity index (χ1n) is 6.41. The van der Waals surface area contributed by atoms with Gasteiger partial charge in [0.15, 0.2) is 6.61 Å². The van der Waals surface area contributed by atoms with E-state index in [4.69, 9.17) is 4.84 Å². The molecule has 0 saturated heterocycles. The van der Waals surface area contributed by atoms with Gasteiger partial charge in [0, 0.05) is 5.69 Å². The molecule has 0 aliphatic carbocycles. The molecule has 0 aliphatic heterocycles.